The Morgan fingerprint density at radius 3 is 2.42 bits per heavy atom. The highest BCUT2D eigenvalue weighted by Gasteiger charge is 2.14. The van der Waals surface area contributed by atoms with E-state index in [4.69, 9.17) is 28.2 Å². The molecule has 2 aromatic carbocycles. The van der Waals surface area contributed by atoms with Crippen molar-refractivity contribution in [3.05, 3.63) is 117 Å². The summed E-state index contributed by atoms with van der Waals surface area (Å²) in [6.07, 6.45) is 2.64. The zero-order chi connectivity index (χ0) is 24.9. The minimum Gasteiger partial charge on any atom is -0.312 e. The van der Waals surface area contributed by atoms with E-state index in [2.05, 4.69) is 78.5 Å². The van der Waals surface area contributed by atoms with Crippen molar-refractivity contribution in [2.24, 2.45) is 0 Å². The van der Waals surface area contributed by atoms with Gasteiger partial charge >= 0.3 is 0 Å². The van der Waals surface area contributed by atoms with Gasteiger partial charge < -0.3 is 4.57 Å². The monoisotopic (exact) mass is 580 g/mol. The van der Waals surface area contributed by atoms with E-state index in [9.17, 15) is 0 Å². The van der Waals surface area contributed by atoms with Gasteiger partial charge in [0.05, 0.1) is 24.3 Å². The van der Waals surface area contributed by atoms with E-state index in [0.717, 1.165) is 45.4 Å². The highest BCUT2D eigenvalue weighted by atomic mass is 79.9. The quantitative estimate of drug-likeness (QED) is 0.184. The Balaban J connectivity index is 1.37. The number of hydrogen-bond donors (Lipinski definition) is 0. The fourth-order valence-corrected chi connectivity index (χ4v) is 4.88. The number of nitrogens with zero attached hydrogens (tertiary/aromatic N) is 6. The van der Waals surface area contributed by atoms with Gasteiger partial charge in [-0.25, -0.2) is 4.98 Å². The summed E-state index contributed by atoms with van der Waals surface area (Å²) >= 11 is 15.7. The number of halogens is 3. The number of para-hydroxylation sites is 1. The van der Waals surface area contributed by atoms with Gasteiger partial charge in [-0.1, -0.05) is 75.5 Å². The second-order valence-electron chi connectivity index (χ2n) is 8.58. The molecule has 0 aliphatic carbocycles. The molecule has 0 fully saturated rings. The van der Waals surface area contributed by atoms with Crippen LogP contribution in [0, 0.1) is 0 Å². The fourth-order valence-electron chi connectivity index (χ4n) is 4.11. The van der Waals surface area contributed by atoms with E-state index in [1.807, 2.05) is 34.9 Å². The first-order valence-electron chi connectivity index (χ1n) is 11.5. The predicted molar refractivity (Wildman–Crippen MR) is 147 cm³/mol. The number of hydrogen-bond acceptors (Lipinski definition) is 5. The molecule has 0 saturated heterocycles. The Hall–Kier alpha value is -2.84. The topological polar surface area (TPSA) is 59.7 Å². The second-order valence-corrected chi connectivity index (χ2v) is 10.3. The van der Waals surface area contributed by atoms with Gasteiger partial charge in [0.15, 0.2) is 0 Å². The molecule has 0 aliphatic heterocycles. The first-order chi connectivity index (χ1) is 17.5. The average molecular weight is 582 g/mol. The molecule has 0 saturated carbocycles. The van der Waals surface area contributed by atoms with Crippen molar-refractivity contribution >= 4 is 50.0 Å². The molecule has 6 nitrogen and oxygen atoms in total. The summed E-state index contributed by atoms with van der Waals surface area (Å²) in [7, 11) is 0. The molecule has 3 heterocycles. The van der Waals surface area contributed by atoms with E-state index >= 15 is 0 Å². The maximum Gasteiger partial charge on any atom is 0.147 e. The van der Waals surface area contributed by atoms with Crippen LogP contribution in [0.25, 0.3) is 10.9 Å². The molecule has 9 heteroatoms. The molecule has 0 radical (unpaired) electrons. The van der Waals surface area contributed by atoms with Crippen LogP contribution in [-0.2, 0) is 26.1 Å². The highest BCUT2D eigenvalue weighted by molar-refractivity contribution is 9.10. The molecular formula is C27H23BrCl2N6. The molecule has 36 heavy (non-hydrogen) atoms. The summed E-state index contributed by atoms with van der Waals surface area (Å²) in [6.45, 7) is 2.72. The minimum absolute atomic E-state index is 0.366. The lowest BCUT2D eigenvalue weighted by molar-refractivity contribution is 0.247. The van der Waals surface area contributed by atoms with E-state index in [-0.39, 0.29) is 0 Å². The summed E-state index contributed by atoms with van der Waals surface area (Å²) in [6, 6.07) is 24.5. The molecule has 5 rings (SSSR count). The third-order valence-corrected chi connectivity index (χ3v) is 6.82. The Labute approximate surface area is 228 Å². The summed E-state index contributed by atoms with van der Waals surface area (Å²) in [5.41, 5.74) is 4.23. The van der Waals surface area contributed by atoms with Gasteiger partial charge in [-0.05, 0) is 53.9 Å². The maximum atomic E-state index is 6.10. The van der Waals surface area contributed by atoms with Crippen molar-refractivity contribution < 1.29 is 0 Å². The third kappa shape index (κ3) is 6.48. The molecular weight excluding hydrogens is 559 g/mol. The van der Waals surface area contributed by atoms with Crippen LogP contribution in [0.1, 0.15) is 22.6 Å². The van der Waals surface area contributed by atoms with Crippen LogP contribution in [-0.4, -0.2) is 36.2 Å². The molecule has 3 aromatic heterocycles. The van der Waals surface area contributed by atoms with Gasteiger partial charge in [-0.2, -0.15) is 0 Å². The molecule has 0 atom stereocenters. The molecule has 0 bridgehead atoms. The second kappa shape index (κ2) is 11.5. The van der Waals surface area contributed by atoms with Crippen molar-refractivity contribution in [3.8, 4) is 0 Å². The first kappa shape index (κ1) is 24.8. The van der Waals surface area contributed by atoms with Crippen LogP contribution in [0.2, 0.25) is 10.3 Å². The first-order valence-corrected chi connectivity index (χ1v) is 13.1. The van der Waals surface area contributed by atoms with Crippen LogP contribution >= 0.6 is 39.1 Å². The average Bonchev–Trinajstić information content (AvgIpc) is 3.29. The minimum atomic E-state index is 0.366. The lowest BCUT2D eigenvalue weighted by Gasteiger charge is -2.22. The summed E-state index contributed by atoms with van der Waals surface area (Å²) in [5, 5.41) is 10.5. The van der Waals surface area contributed by atoms with E-state index in [1.165, 1.54) is 5.56 Å². The van der Waals surface area contributed by atoms with E-state index in [0.29, 0.717) is 29.9 Å². The van der Waals surface area contributed by atoms with Gasteiger partial charge in [0.25, 0.3) is 0 Å². The molecule has 5 aromatic rings. The van der Waals surface area contributed by atoms with Gasteiger partial charge in [0.1, 0.15) is 22.5 Å². The van der Waals surface area contributed by atoms with E-state index in [1.54, 1.807) is 6.33 Å². The number of rotatable bonds is 9. The zero-order valence-corrected chi connectivity index (χ0v) is 22.5. The molecule has 0 unspecified atom stereocenters. The molecule has 0 amide bonds. The largest absolute Gasteiger partial charge is 0.312 e. The van der Waals surface area contributed by atoms with Crippen LogP contribution in [0.15, 0.2) is 83.6 Å². The van der Waals surface area contributed by atoms with Crippen molar-refractivity contribution in [1.29, 1.82) is 0 Å². The molecule has 0 spiro atoms. The number of benzene rings is 2. The van der Waals surface area contributed by atoms with Crippen LogP contribution in [0.5, 0.6) is 0 Å². The number of aromatic nitrogens is 5. The van der Waals surface area contributed by atoms with Crippen molar-refractivity contribution in [1.82, 2.24) is 29.6 Å². The predicted octanol–water partition coefficient (Wildman–Crippen LogP) is 6.58. The Kier molecular flexibility index (Phi) is 7.92. The lowest BCUT2D eigenvalue weighted by Crippen LogP contribution is -2.27. The number of pyridine rings is 2. The smallest absolute Gasteiger partial charge is 0.147 e. The summed E-state index contributed by atoms with van der Waals surface area (Å²) < 4.78 is 3.09. The summed E-state index contributed by atoms with van der Waals surface area (Å²) in [5.74, 6) is 0.857. The molecule has 0 N–H and O–H groups in total. The van der Waals surface area contributed by atoms with Gasteiger partial charge in [0, 0.05) is 22.9 Å². The van der Waals surface area contributed by atoms with Crippen molar-refractivity contribution in [3.63, 3.8) is 0 Å². The zero-order valence-electron chi connectivity index (χ0n) is 19.4. The van der Waals surface area contributed by atoms with Crippen molar-refractivity contribution in [2.45, 2.75) is 26.1 Å². The van der Waals surface area contributed by atoms with Gasteiger partial charge in [0.2, 0.25) is 0 Å². The van der Waals surface area contributed by atoms with Crippen LogP contribution in [0.4, 0.5) is 0 Å². The van der Waals surface area contributed by atoms with E-state index < -0.39 is 0 Å². The van der Waals surface area contributed by atoms with Crippen LogP contribution < -0.4 is 0 Å². The normalized spacial score (nSPS) is 11.4. The standard InChI is InChI=1S/C27H23BrCl2N6/c28-22-8-5-19(6-9-22)11-12-35(16-23-10-7-21-3-1-2-4-24(21)32-23)17-27-34-31-18-36(27)15-20-13-25(29)33-26(30)14-20/h1-10,13-14,18H,11-12,15-17H2. The Morgan fingerprint density at radius 2 is 1.61 bits per heavy atom. The number of fused-ring (bicyclic) bond motifs is 1. The van der Waals surface area contributed by atoms with Gasteiger partial charge in [-0.15, -0.1) is 10.2 Å². The van der Waals surface area contributed by atoms with Crippen molar-refractivity contribution in [2.75, 3.05) is 6.54 Å². The fraction of sp³-hybridized carbons (Fsp3) is 0.185. The Morgan fingerprint density at radius 1 is 0.833 bits per heavy atom. The maximum absolute atomic E-state index is 6.10. The van der Waals surface area contributed by atoms with Gasteiger partial charge in [-0.3, -0.25) is 9.88 Å². The Bertz CT molecular complexity index is 1450. The summed E-state index contributed by atoms with van der Waals surface area (Å²) in [4.78, 5) is 11.3. The lowest BCUT2D eigenvalue weighted by atomic mass is 10.1. The van der Waals surface area contributed by atoms with Crippen LogP contribution in [0.3, 0.4) is 0 Å². The third-order valence-electron chi connectivity index (χ3n) is 5.91. The SMILES string of the molecule is Clc1cc(Cn2cnnc2CN(CCc2ccc(Br)cc2)Cc2ccc3ccccc3n2)cc(Cl)n1. The highest BCUT2D eigenvalue weighted by Crippen LogP contribution is 2.18. The molecule has 182 valence electrons. The molecule has 0 aliphatic rings.